The van der Waals surface area contributed by atoms with Crippen LogP contribution in [0, 0.1) is 5.92 Å². The first-order chi connectivity index (χ1) is 9.27. The smallest absolute Gasteiger partial charge is 0.326 e. The number of aliphatic carboxylic acids is 2. The lowest BCUT2D eigenvalue weighted by molar-refractivity contribution is -0.145. The summed E-state index contributed by atoms with van der Waals surface area (Å²) in [4.78, 5) is 33.0. The van der Waals surface area contributed by atoms with Gasteiger partial charge in [-0.25, -0.2) is 9.59 Å². The van der Waals surface area contributed by atoms with Gasteiger partial charge in [-0.05, 0) is 12.8 Å². The molecule has 0 aromatic heterocycles. The lowest BCUT2D eigenvalue weighted by Gasteiger charge is -2.23. The number of hydrogen-bond donors (Lipinski definition) is 4. The summed E-state index contributed by atoms with van der Waals surface area (Å²) in [6.07, 6.45) is -0.680. The predicted molar refractivity (Wildman–Crippen MR) is 70.5 cm³/mol. The predicted octanol–water partition coefficient (Wildman–Crippen LogP) is 0.275. The second-order valence-corrected chi connectivity index (χ2v) is 4.62. The zero-order valence-electron chi connectivity index (χ0n) is 11.9. The number of ether oxygens (including phenoxy) is 1. The Morgan fingerprint density at radius 3 is 2.15 bits per heavy atom. The average Bonchev–Trinajstić information content (AvgIpc) is 2.32. The van der Waals surface area contributed by atoms with Gasteiger partial charge in [-0.2, -0.15) is 0 Å². The third-order valence-corrected chi connectivity index (χ3v) is 2.60. The van der Waals surface area contributed by atoms with Gasteiger partial charge in [0.15, 0.2) is 0 Å². The summed E-state index contributed by atoms with van der Waals surface area (Å²) in [5.74, 6) is -2.60. The molecule has 0 aliphatic heterocycles. The molecule has 1 unspecified atom stereocenters. The van der Waals surface area contributed by atoms with E-state index >= 15 is 0 Å². The van der Waals surface area contributed by atoms with Crippen molar-refractivity contribution >= 4 is 18.0 Å². The summed E-state index contributed by atoms with van der Waals surface area (Å²) >= 11 is 0. The van der Waals surface area contributed by atoms with Crippen LogP contribution in [0.25, 0.3) is 0 Å². The molecule has 0 heterocycles. The molecular formula is C12H22N2O6. The van der Waals surface area contributed by atoms with E-state index in [1.54, 1.807) is 0 Å². The van der Waals surface area contributed by atoms with Gasteiger partial charge >= 0.3 is 18.0 Å². The molecule has 0 saturated carbocycles. The maximum absolute atomic E-state index is 11.7. The highest BCUT2D eigenvalue weighted by atomic mass is 16.5. The zero-order chi connectivity index (χ0) is 15.7. The molecule has 0 bridgehead atoms. The molecule has 0 rings (SSSR count). The van der Waals surface area contributed by atoms with Gasteiger partial charge in [0.2, 0.25) is 0 Å². The molecule has 0 aliphatic rings. The van der Waals surface area contributed by atoms with Crippen molar-refractivity contribution in [3.63, 3.8) is 0 Å². The van der Waals surface area contributed by atoms with Gasteiger partial charge in [-0.15, -0.1) is 0 Å². The van der Waals surface area contributed by atoms with Gasteiger partial charge in [0.05, 0.1) is 19.1 Å². The number of carboxylic acids is 2. The topological polar surface area (TPSA) is 125 Å². The van der Waals surface area contributed by atoms with Crippen LogP contribution in [0.4, 0.5) is 4.79 Å². The Morgan fingerprint density at radius 2 is 1.75 bits per heavy atom. The van der Waals surface area contributed by atoms with Gasteiger partial charge in [-0.1, -0.05) is 13.8 Å². The van der Waals surface area contributed by atoms with E-state index in [2.05, 4.69) is 10.6 Å². The minimum Gasteiger partial charge on any atom is -0.481 e. The molecule has 2 atom stereocenters. The minimum absolute atomic E-state index is 0.0926. The van der Waals surface area contributed by atoms with Crippen LogP contribution in [-0.2, 0) is 14.3 Å². The quantitative estimate of drug-likeness (QED) is 0.483. The molecular weight excluding hydrogens is 268 g/mol. The van der Waals surface area contributed by atoms with E-state index < -0.39 is 30.4 Å². The molecule has 4 N–H and O–H groups in total. The van der Waals surface area contributed by atoms with E-state index in [4.69, 9.17) is 14.9 Å². The Bertz CT molecular complexity index is 345. The Balaban J connectivity index is 4.47. The van der Waals surface area contributed by atoms with Crippen LogP contribution < -0.4 is 10.6 Å². The second-order valence-electron chi connectivity index (χ2n) is 4.62. The van der Waals surface area contributed by atoms with Crippen molar-refractivity contribution in [2.75, 3.05) is 13.2 Å². The average molecular weight is 290 g/mol. The van der Waals surface area contributed by atoms with E-state index in [9.17, 15) is 14.4 Å². The van der Waals surface area contributed by atoms with Crippen LogP contribution in [0.5, 0.6) is 0 Å². The van der Waals surface area contributed by atoms with Gasteiger partial charge in [0.25, 0.3) is 0 Å². The van der Waals surface area contributed by atoms with Crippen molar-refractivity contribution < 1.29 is 29.3 Å². The fourth-order valence-electron chi connectivity index (χ4n) is 1.39. The molecule has 0 saturated heterocycles. The number of amides is 2. The zero-order valence-corrected chi connectivity index (χ0v) is 11.9. The fraction of sp³-hybridized carbons (Fsp3) is 0.750. The number of carbonyl (C=O) groups is 3. The highest BCUT2D eigenvalue weighted by molar-refractivity contribution is 5.86. The Labute approximate surface area is 117 Å². The van der Waals surface area contributed by atoms with Crippen molar-refractivity contribution in [2.45, 2.75) is 39.3 Å². The SMILES string of the molecule is CCOCC(NC(=O)N[C@@H](CC(=O)O)C(=O)O)C(C)C. The van der Waals surface area contributed by atoms with E-state index in [-0.39, 0.29) is 12.0 Å². The third-order valence-electron chi connectivity index (χ3n) is 2.60. The molecule has 8 heteroatoms. The lowest BCUT2D eigenvalue weighted by atomic mass is 10.1. The molecule has 116 valence electrons. The molecule has 0 spiro atoms. The molecule has 0 aromatic carbocycles. The second kappa shape index (κ2) is 9.13. The van der Waals surface area contributed by atoms with Crippen molar-refractivity contribution in [1.82, 2.24) is 10.6 Å². The highest BCUT2D eigenvalue weighted by Crippen LogP contribution is 2.02. The first-order valence-corrected chi connectivity index (χ1v) is 6.37. The van der Waals surface area contributed by atoms with Crippen molar-refractivity contribution in [2.24, 2.45) is 5.92 Å². The molecule has 20 heavy (non-hydrogen) atoms. The van der Waals surface area contributed by atoms with E-state index in [1.807, 2.05) is 20.8 Å². The van der Waals surface area contributed by atoms with Crippen LogP contribution in [0.1, 0.15) is 27.2 Å². The molecule has 0 radical (unpaired) electrons. The van der Waals surface area contributed by atoms with E-state index in [0.29, 0.717) is 13.2 Å². The Kier molecular flexibility index (Phi) is 8.30. The van der Waals surface area contributed by atoms with Crippen molar-refractivity contribution in [3.8, 4) is 0 Å². The Hall–Kier alpha value is -1.83. The largest absolute Gasteiger partial charge is 0.481 e. The van der Waals surface area contributed by atoms with Crippen molar-refractivity contribution in [1.29, 1.82) is 0 Å². The van der Waals surface area contributed by atoms with Gasteiger partial charge < -0.3 is 25.6 Å². The van der Waals surface area contributed by atoms with Crippen LogP contribution in [0.2, 0.25) is 0 Å². The standard InChI is InChI=1S/C12H22N2O6/c1-4-20-6-9(7(2)3)14-12(19)13-8(11(17)18)5-10(15)16/h7-9H,4-6H2,1-3H3,(H,15,16)(H,17,18)(H2,13,14,19)/t8-,9?/m0/s1. The van der Waals surface area contributed by atoms with E-state index in [1.165, 1.54) is 0 Å². The monoisotopic (exact) mass is 290 g/mol. The first-order valence-electron chi connectivity index (χ1n) is 6.37. The number of hydrogen-bond acceptors (Lipinski definition) is 4. The summed E-state index contributed by atoms with van der Waals surface area (Å²) in [5, 5.41) is 22.1. The summed E-state index contributed by atoms with van der Waals surface area (Å²) < 4.78 is 5.22. The molecule has 0 aliphatic carbocycles. The molecule has 8 nitrogen and oxygen atoms in total. The molecule has 0 aromatic rings. The van der Waals surface area contributed by atoms with Gasteiger partial charge in [-0.3, -0.25) is 4.79 Å². The number of carbonyl (C=O) groups excluding carboxylic acids is 1. The Morgan fingerprint density at radius 1 is 1.15 bits per heavy atom. The molecule has 2 amide bonds. The van der Waals surface area contributed by atoms with Crippen LogP contribution in [0.3, 0.4) is 0 Å². The number of nitrogens with one attached hydrogen (secondary N) is 2. The molecule has 0 fully saturated rings. The minimum atomic E-state index is -1.47. The highest BCUT2D eigenvalue weighted by Gasteiger charge is 2.24. The van der Waals surface area contributed by atoms with Gasteiger partial charge in [0.1, 0.15) is 6.04 Å². The fourth-order valence-corrected chi connectivity index (χ4v) is 1.39. The number of carboxylic acid groups (broad SMARTS) is 2. The summed E-state index contributed by atoms with van der Waals surface area (Å²) in [6, 6.07) is -2.47. The number of rotatable bonds is 9. The lowest BCUT2D eigenvalue weighted by Crippen LogP contribution is -2.52. The maximum Gasteiger partial charge on any atom is 0.326 e. The summed E-state index contributed by atoms with van der Waals surface area (Å²) in [7, 11) is 0. The van der Waals surface area contributed by atoms with Crippen LogP contribution in [-0.4, -0.2) is 53.5 Å². The first kappa shape index (κ1) is 18.2. The van der Waals surface area contributed by atoms with Gasteiger partial charge in [0, 0.05) is 6.61 Å². The summed E-state index contributed by atoms with van der Waals surface area (Å²) in [5.41, 5.74) is 0. The summed E-state index contributed by atoms with van der Waals surface area (Å²) in [6.45, 7) is 6.40. The van der Waals surface area contributed by atoms with Crippen LogP contribution in [0.15, 0.2) is 0 Å². The number of urea groups is 1. The van der Waals surface area contributed by atoms with Crippen molar-refractivity contribution in [3.05, 3.63) is 0 Å². The third kappa shape index (κ3) is 7.57. The normalized spacial score (nSPS) is 13.6. The van der Waals surface area contributed by atoms with E-state index in [0.717, 1.165) is 0 Å². The maximum atomic E-state index is 11.7. The van der Waals surface area contributed by atoms with Crippen LogP contribution >= 0.6 is 0 Å².